The van der Waals surface area contributed by atoms with Gasteiger partial charge >= 0.3 is 0 Å². The van der Waals surface area contributed by atoms with Crippen LogP contribution in [0, 0.1) is 0 Å². The van der Waals surface area contributed by atoms with Crippen LogP contribution in [0.4, 0.5) is 34.1 Å². The maximum absolute atomic E-state index is 6.73. The molecule has 0 aliphatic carbocycles. The maximum atomic E-state index is 6.73. The zero-order valence-electron chi connectivity index (χ0n) is 40.9. The van der Waals surface area contributed by atoms with Crippen LogP contribution in [0.1, 0.15) is 0 Å². The molecule has 0 bridgehead atoms. The van der Waals surface area contributed by atoms with Crippen molar-refractivity contribution in [2.45, 2.75) is 0 Å². The molecule has 0 N–H and O–H groups in total. The molecule has 14 aromatic rings. The van der Waals surface area contributed by atoms with Crippen molar-refractivity contribution in [2.75, 3.05) is 9.80 Å². The Morgan fingerprint density at radius 1 is 0.303 bits per heavy atom. The Hall–Kier alpha value is -8.84. The molecule has 76 heavy (non-hydrogen) atoms. The highest BCUT2D eigenvalue weighted by Gasteiger charge is 2.26. The summed E-state index contributed by atoms with van der Waals surface area (Å²) in [6.07, 6.45) is 0. The first-order valence-corrected chi connectivity index (χ1v) is 25.8. The number of para-hydroxylation sites is 4. The van der Waals surface area contributed by atoms with E-state index in [1.807, 2.05) is 53.8 Å². The van der Waals surface area contributed by atoms with Crippen molar-refractivity contribution >= 4 is 176 Å². The Morgan fingerprint density at radius 3 is 1.49 bits per heavy atom. The number of rotatable bonds is 9. The fourth-order valence-electron chi connectivity index (χ4n) is 11.0. The van der Waals surface area contributed by atoms with E-state index in [-0.39, 0.29) is 27.3 Å². The number of furan rings is 2. The third-order valence-electron chi connectivity index (χ3n) is 14.7. The van der Waals surface area contributed by atoms with Crippen LogP contribution in [0.15, 0.2) is 233 Å². The number of hydrogen-bond acceptors (Lipinski definition) is 5. The second-order valence-corrected chi connectivity index (χ2v) is 20.2. The predicted molar refractivity (Wildman–Crippen MR) is 327 cm³/mol. The summed E-state index contributed by atoms with van der Waals surface area (Å²) in [5.74, 6) is 0. The zero-order valence-corrected chi connectivity index (χ0v) is 41.7. The number of anilines is 6. The Kier molecular flexibility index (Phi) is 11.0. The number of thiophene rings is 1. The van der Waals surface area contributed by atoms with E-state index in [1.54, 1.807) is 0 Å². The quantitative estimate of drug-likeness (QED) is 0.135. The van der Waals surface area contributed by atoms with Crippen LogP contribution in [0.25, 0.3) is 97.4 Å². The average molecular weight is 976 g/mol. The Labute approximate surface area is 449 Å². The average Bonchev–Trinajstić information content (AvgIpc) is 4.25. The molecule has 0 saturated heterocycles. The summed E-state index contributed by atoms with van der Waals surface area (Å²) in [5.41, 5.74) is 15.1. The van der Waals surface area contributed by atoms with Gasteiger partial charge in [-0.1, -0.05) is 138 Å². The normalized spacial score (nSPS) is 11.7. The third kappa shape index (κ3) is 7.50. The summed E-state index contributed by atoms with van der Waals surface area (Å²) >= 11 is 1.81. The Bertz CT molecular complexity index is 4580. The minimum absolute atomic E-state index is 0.156. The molecule has 3 aromatic heterocycles. The molecule has 344 valence electrons. The van der Waals surface area contributed by atoms with Crippen LogP contribution in [0.5, 0.6) is 0 Å². The van der Waals surface area contributed by atoms with Crippen LogP contribution in [0.3, 0.4) is 0 Å². The molecule has 11 aromatic carbocycles. The van der Waals surface area contributed by atoms with Crippen LogP contribution in [0.2, 0.25) is 0 Å². The molecule has 10 radical (unpaired) electrons. The number of fused-ring (bicyclic) bond motifs is 9. The molecule has 0 atom stereocenters. The molecule has 4 nitrogen and oxygen atoms in total. The first kappa shape index (κ1) is 45.8. The van der Waals surface area contributed by atoms with Gasteiger partial charge in [-0.05, 0) is 119 Å². The summed E-state index contributed by atoms with van der Waals surface area (Å²) in [4.78, 5) is 4.71. The van der Waals surface area contributed by atoms with Gasteiger partial charge in [-0.15, -0.1) is 27.7 Å². The molecule has 10 heteroatoms. The van der Waals surface area contributed by atoms with E-state index in [9.17, 15) is 0 Å². The monoisotopic (exact) mass is 976 g/mol. The summed E-state index contributed by atoms with van der Waals surface area (Å²) in [6.45, 7) is 0. The van der Waals surface area contributed by atoms with Gasteiger partial charge in [0.1, 0.15) is 61.6 Å². The molecule has 3 heterocycles. The highest BCUT2D eigenvalue weighted by atomic mass is 32.1. The first-order valence-electron chi connectivity index (χ1n) is 25.0. The molecule has 0 aliphatic rings. The molecular weight excluding hydrogens is 939 g/mol. The van der Waals surface area contributed by atoms with E-state index in [0.717, 1.165) is 94.7 Å². The molecule has 0 saturated carbocycles. The summed E-state index contributed by atoms with van der Waals surface area (Å²) < 4.78 is 15.5. The van der Waals surface area contributed by atoms with Gasteiger partial charge in [-0.25, -0.2) is 0 Å². The number of benzene rings is 11. The van der Waals surface area contributed by atoms with Crippen molar-refractivity contribution in [3.05, 3.63) is 224 Å². The van der Waals surface area contributed by atoms with Crippen molar-refractivity contribution in [3.63, 3.8) is 0 Å². The predicted octanol–water partition coefficient (Wildman–Crippen LogP) is 13.8. The lowest BCUT2D eigenvalue weighted by Crippen LogP contribution is -2.55. The second-order valence-electron chi connectivity index (χ2n) is 19.1. The minimum Gasteiger partial charge on any atom is -0.456 e. The highest BCUT2D eigenvalue weighted by Crippen LogP contribution is 2.49. The van der Waals surface area contributed by atoms with E-state index in [4.69, 9.17) is 48.1 Å². The zero-order chi connectivity index (χ0) is 51.2. The van der Waals surface area contributed by atoms with Gasteiger partial charge in [-0.2, -0.15) is 0 Å². The van der Waals surface area contributed by atoms with Gasteiger partial charge < -0.3 is 18.6 Å². The van der Waals surface area contributed by atoms with Crippen molar-refractivity contribution < 1.29 is 8.83 Å². The van der Waals surface area contributed by atoms with Gasteiger partial charge in [0.15, 0.2) is 0 Å². The second kappa shape index (κ2) is 18.2. The Morgan fingerprint density at radius 2 is 0.803 bits per heavy atom. The van der Waals surface area contributed by atoms with Gasteiger partial charge in [-0.3, -0.25) is 0 Å². The van der Waals surface area contributed by atoms with Crippen molar-refractivity contribution in [1.82, 2.24) is 0 Å². The van der Waals surface area contributed by atoms with Crippen LogP contribution >= 0.6 is 11.3 Å². The van der Waals surface area contributed by atoms with E-state index >= 15 is 0 Å². The van der Waals surface area contributed by atoms with Crippen LogP contribution < -0.4 is 37.1 Å². The molecule has 0 amide bonds. The lowest BCUT2D eigenvalue weighted by molar-refractivity contribution is 0.669. The van der Waals surface area contributed by atoms with Gasteiger partial charge in [0.25, 0.3) is 0 Å². The number of nitrogens with zero attached hydrogens (tertiary/aromatic N) is 2. The van der Waals surface area contributed by atoms with E-state index in [1.165, 1.54) is 20.2 Å². The van der Waals surface area contributed by atoms with Crippen LogP contribution in [-0.4, -0.2) is 39.2 Å². The van der Waals surface area contributed by atoms with E-state index < -0.39 is 0 Å². The maximum Gasteiger partial charge on any atom is 0.143 e. The van der Waals surface area contributed by atoms with Gasteiger partial charge in [0, 0.05) is 76.1 Å². The largest absolute Gasteiger partial charge is 0.456 e. The molecule has 14 rings (SSSR count). The molecule has 0 spiro atoms. The molecule has 0 aliphatic heterocycles. The highest BCUT2D eigenvalue weighted by molar-refractivity contribution is 7.25. The Balaban J connectivity index is 0.964. The summed E-state index contributed by atoms with van der Waals surface area (Å²) in [7, 11) is 32.6. The minimum atomic E-state index is 0.156. The smallest absolute Gasteiger partial charge is 0.143 e. The summed E-state index contributed by atoms with van der Waals surface area (Å²) in [5, 5.41) is 6.49. The van der Waals surface area contributed by atoms with E-state index in [2.05, 4.69) is 192 Å². The third-order valence-corrected chi connectivity index (χ3v) is 15.9. The lowest BCUT2D eigenvalue weighted by atomic mass is 9.59. The number of hydrogen-bond donors (Lipinski definition) is 0. The topological polar surface area (TPSA) is 32.8 Å². The standard InChI is InChI=1S/C66H37B5N2O2S/c67-61-60(62(68)64(70)65(71)63(61)69)52-34-41(33-51-47-18-8-11-21-56(47)75-66(51)52)39-25-23-38(24-26-39)40-27-32-53(72(42-13-3-1-4-14-42)44-28-30-48-46-17-7-10-20-55(46)74-57(48)36-44)54(35-40)73(43-15-5-2-6-16-43)45-29-31-50-49-19-9-12-22-58(49)76-59(50)37-45/h1-37H. The van der Waals surface area contributed by atoms with Crippen molar-refractivity contribution in [1.29, 1.82) is 0 Å². The lowest BCUT2D eigenvalue weighted by Gasteiger charge is -2.33. The fourth-order valence-corrected chi connectivity index (χ4v) is 12.1. The van der Waals surface area contributed by atoms with Gasteiger partial charge in [0.05, 0.1) is 11.4 Å². The van der Waals surface area contributed by atoms with Gasteiger partial charge in [0.2, 0.25) is 0 Å². The molecule has 0 fully saturated rings. The fraction of sp³-hybridized carbons (Fsp3) is 0. The summed E-state index contributed by atoms with van der Waals surface area (Å²) in [6, 6.07) is 78.9. The molecular formula is C66H37B5N2O2S. The van der Waals surface area contributed by atoms with E-state index in [0.29, 0.717) is 16.7 Å². The first-order chi connectivity index (χ1) is 37.3. The molecule has 0 unspecified atom stereocenters. The van der Waals surface area contributed by atoms with Crippen molar-refractivity contribution in [2.24, 2.45) is 0 Å². The SMILES string of the molecule is [B]c1c([B])c([B])c(-c2cc(-c3ccc(-c4ccc(N(c5ccccc5)c5ccc6c(c5)oc5ccccc56)c(N(c5ccccc5)c5ccc6c(c5)sc5ccccc56)c4)cc3)cc3c2oc2ccccc23)c([B])c1[B]. The van der Waals surface area contributed by atoms with Crippen molar-refractivity contribution in [3.8, 4) is 33.4 Å². The van der Waals surface area contributed by atoms with Crippen LogP contribution in [-0.2, 0) is 0 Å².